The van der Waals surface area contributed by atoms with Crippen molar-refractivity contribution >= 4 is 69.4 Å². The monoisotopic (exact) mass is 597 g/mol. The summed E-state index contributed by atoms with van der Waals surface area (Å²) in [6, 6.07) is -1.12. The Bertz CT molecular complexity index is 1300. The van der Waals surface area contributed by atoms with Gasteiger partial charge >= 0.3 is 17.9 Å². The number of carbonyl (C=O) groups is 6. The fourth-order valence-corrected chi connectivity index (χ4v) is 5.42. The van der Waals surface area contributed by atoms with Gasteiger partial charge in [-0.15, -0.1) is 23.1 Å². The van der Waals surface area contributed by atoms with E-state index in [0.717, 1.165) is 28.0 Å². The summed E-state index contributed by atoms with van der Waals surface area (Å²) in [4.78, 5) is 82.8. The lowest BCUT2D eigenvalue weighted by atomic mass is 10.0. The van der Waals surface area contributed by atoms with Gasteiger partial charge in [-0.05, 0) is 27.7 Å². The third-order valence-electron chi connectivity index (χ3n) is 5.07. The van der Waals surface area contributed by atoms with E-state index in [0.29, 0.717) is 0 Å². The van der Waals surface area contributed by atoms with Crippen molar-refractivity contribution in [3.8, 4) is 0 Å². The van der Waals surface area contributed by atoms with E-state index in [4.69, 9.17) is 20.0 Å². The van der Waals surface area contributed by atoms with Crippen LogP contribution in [0.25, 0.3) is 0 Å². The van der Waals surface area contributed by atoms with Crippen LogP contribution in [0.2, 0.25) is 0 Å². The van der Waals surface area contributed by atoms with Gasteiger partial charge in [0, 0.05) is 16.7 Å². The summed E-state index contributed by atoms with van der Waals surface area (Å²) >= 11 is 2.17. The number of hydrogen-bond donors (Lipinski definition) is 3. The second-order valence-electron chi connectivity index (χ2n) is 9.53. The number of rotatable bonds is 11. The molecule has 1 saturated heterocycles. The van der Waals surface area contributed by atoms with E-state index in [-0.39, 0.29) is 33.6 Å². The van der Waals surface area contributed by atoms with Gasteiger partial charge in [0.1, 0.15) is 47.2 Å². The molecule has 0 spiro atoms. The molecule has 0 unspecified atom stereocenters. The summed E-state index contributed by atoms with van der Waals surface area (Å²) in [5.41, 5.74) is 4.37. The molecule has 0 aromatic carbocycles. The number of β-lactam (4-membered cyclic amide) rings is 1. The highest BCUT2D eigenvalue weighted by atomic mass is 32.2. The van der Waals surface area contributed by atoms with Crippen LogP contribution in [0.4, 0.5) is 5.13 Å². The molecule has 1 fully saturated rings. The second-order valence-corrected chi connectivity index (χ2v) is 11.5. The highest BCUT2D eigenvalue weighted by Gasteiger charge is 2.54. The van der Waals surface area contributed by atoms with Crippen LogP contribution in [0.1, 0.15) is 39.8 Å². The smallest absolute Gasteiger partial charge is 0.352 e. The Labute approximate surface area is 236 Å². The zero-order valence-electron chi connectivity index (χ0n) is 21.9. The molecule has 2 aliphatic heterocycles. The highest BCUT2D eigenvalue weighted by Crippen LogP contribution is 2.40. The number of hydrogen-bond acceptors (Lipinski definition) is 14. The average molecular weight is 598 g/mol. The van der Waals surface area contributed by atoms with Crippen molar-refractivity contribution in [1.82, 2.24) is 15.2 Å². The first kappa shape index (κ1) is 30.6. The molecule has 216 valence electrons. The Balaban J connectivity index is 1.73. The number of nitrogens with one attached hydrogen (secondary N) is 1. The molecule has 2 aliphatic rings. The number of nitrogens with two attached hydrogens (primary N) is 1. The molecule has 0 aliphatic carbocycles. The van der Waals surface area contributed by atoms with Crippen LogP contribution in [0, 0.1) is 0 Å². The molecular weight excluding hydrogens is 570 g/mol. The molecule has 40 heavy (non-hydrogen) atoms. The van der Waals surface area contributed by atoms with Crippen molar-refractivity contribution < 1.29 is 48.2 Å². The van der Waals surface area contributed by atoms with Gasteiger partial charge < -0.3 is 30.5 Å². The fraction of sp³-hybridized carbons (Fsp3) is 0.478. The first-order valence-electron chi connectivity index (χ1n) is 11.7. The summed E-state index contributed by atoms with van der Waals surface area (Å²) in [5.74, 6) is -4.89. The van der Waals surface area contributed by atoms with Gasteiger partial charge in [0.15, 0.2) is 10.8 Å². The predicted octanol–water partition coefficient (Wildman–Crippen LogP) is 0.0486. The number of ether oxygens (including phenoxy) is 2. The Kier molecular flexibility index (Phi) is 9.52. The molecule has 2 atom stereocenters. The van der Waals surface area contributed by atoms with E-state index in [1.54, 1.807) is 20.8 Å². The van der Waals surface area contributed by atoms with Crippen LogP contribution >= 0.6 is 23.1 Å². The number of carboxylic acid groups (broad SMARTS) is 1. The van der Waals surface area contributed by atoms with E-state index in [2.05, 4.69) is 15.5 Å². The summed E-state index contributed by atoms with van der Waals surface area (Å²) in [5, 5.41) is 16.8. The number of thioether (sulfide) groups is 1. The molecule has 17 heteroatoms. The summed E-state index contributed by atoms with van der Waals surface area (Å²) in [6.45, 7) is 5.21. The van der Waals surface area contributed by atoms with Gasteiger partial charge in [-0.3, -0.25) is 24.1 Å². The molecule has 1 aromatic rings. The largest absolute Gasteiger partial charge is 0.477 e. The number of carboxylic acids is 1. The number of nitrogen functional groups attached to an aromatic ring is 1. The maximum atomic E-state index is 13.1. The molecule has 15 nitrogen and oxygen atoms in total. The van der Waals surface area contributed by atoms with E-state index in [9.17, 15) is 33.9 Å². The van der Waals surface area contributed by atoms with Crippen molar-refractivity contribution in [3.05, 3.63) is 22.3 Å². The Morgan fingerprint density at radius 2 is 1.95 bits per heavy atom. The Morgan fingerprint density at radius 3 is 2.52 bits per heavy atom. The van der Waals surface area contributed by atoms with Crippen LogP contribution < -0.4 is 11.1 Å². The minimum absolute atomic E-state index is 0.0323. The molecule has 1 aromatic heterocycles. The van der Waals surface area contributed by atoms with Gasteiger partial charge in [0.25, 0.3) is 11.8 Å². The second kappa shape index (κ2) is 12.5. The molecular formula is C23H27N5O10S2. The minimum atomic E-state index is -1.42. The lowest BCUT2D eigenvalue weighted by Crippen LogP contribution is -2.71. The number of aliphatic carboxylic acids is 1. The normalized spacial score (nSPS) is 18.9. The van der Waals surface area contributed by atoms with Crippen LogP contribution in [-0.2, 0) is 43.1 Å². The SMILES string of the molecule is CC(=O)CC(=O)OCC1=C(C(=O)O)N2C(=O)[C@@H](NC(=O)/C(=N\OCC(=O)OC(C)(C)C)c3csc(N)n3)[C@H]2SC1. The molecule has 0 saturated carbocycles. The predicted molar refractivity (Wildman–Crippen MR) is 141 cm³/mol. The average Bonchev–Trinajstić information content (AvgIpc) is 3.27. The number of nitrogens with zero attached hydrogens (tertiary/aromatic N) is 3. The number of fused-ring (bicyclic) bond motifs is 1. The van der Waals surface area contributed by atoms with Crippen LogP contribution in [0.5, 0.6) is 0 Å². The maximum absolute atomic E-state index is 13.1. The van der Waals surface area contributed by atoms with Crippen molar-refractivity contribution in [2.75, 3.05) is 24.7 Å². The molecule has 0 radical (unpaired) electrons. The first-order valence-corrected chi connectivity index (χ1v) is 13.6. The summed E-state index contributed by atoms with van der Waals surface area (Å²) < 4.78 is 10.1. The van der Waals surface area contributed by atoms with E-state index in [1.807, 2.05) is 0 Å². The number of esters is 2. The van der Waals surface area contributed by atoms with Crippen LogP contribution in [0.3, 0.4) is 0 Å². The quantitative estimate of drug-likeness (QED) is 0.101. The van der Waals surface area contributed by atoms with E-state index in [1.165, 1.54) is 12.3 Å². The number of oxime groups is 1. The van der Waals surface area contributed by atoms with Crippen molar-refractivity contribution in [2.45, 2.75) is 51.1 Å². The fourth-order valence-electron chi connectivity index (χ4n) is 3.55. The minimum Gasteiger partial charge on any atom is -0.477 e. The van der Waals surface area contributed by atoms with E-state index < -0.39 is 72.2 Å². The lowest BCUT2D eigenvalue weighted by Gasteiger charge is -2.49. The number of aromatic nitrogens is 1. The number of anilines is 1. The third kappa shape index (κ3) is 7.56. The van der Waals surface area contributed by atoms with Crippen molar-refractivity contribution in [3.63, 3.8) is 0 Å². The number of carbonyl (C=O) groups excluding carboxylic acids is 5. The van der Waals surface area contributed by atoms with Crippen molar-refractivity contribution in [1.29, 1.82) is 0 Å². The van der Waals surface area contributed by atoms with Gasteiger partial charge in [-0.2, -0.15) is 0 Å². The number of amides is 2. The third-order valence-corrected chi connectivity index (χ3v) is 7.09. The lowest BCUT2D eigenvalue weighted by molar-refractivity contribution is -0.160. The van der Waals surface area contributed by atoms with Crippen molar-refractivity contribution in [2.24, 2.45) is 5.16 Å². The molecule has 2 amide bonds. The molecule has 3 rings (SSSR count). The molecule has 4 N–H and O–H groups in total. The number of thiazole rings is 1. The van der Waals surface area contributed by atoms with Crippen LogP contribution in [-0.4, -0.2) is 92.2 Å². The van der Waals surface area contributed by atoms with Gasteiger partial charge in [0.2, 0.25) is 6.61 Å². The maximum Gasteiger partial charge on any atom is 0.352 e. The molecule has 0 bridgehead atoms. The zero-order valence-corrected chi connectivity index (χ0v) is 23.6. The van der Waals surface area contributed by atoms with E-state index >= 15 is 0 Å². The first-order chi connectivity index (χ1) is 18.7. The van der Waals surface area contributed by atoms with Crippen LogP contribution in [0.15, 0.2) is 21.8 Å². The topological polar surface area (TPSA) is 217 Å². The summed E-state index contributed by atoms with van der Waals surface area (Å²) in [7, 11) is 0. The summed E-state index contributed by atoms with van der Waals surface area (Å²) in [6.07, 6.45) is -0.460. The Morgan fingerprint density at radius 1 is 1.25 bits per heavy atom. The van der Waals surface area contributed by atoms with Gasteiger partial charge in [-0.25, -0.2) is 14.6 Å². The van der Waals surface area contributed by atoms with Gasteiger partial charge in [0.05, 0.1) is 0 Å². The highest BCUT2D eigenvalue weighted by molar-refractivity contribution is 8.00. The van der Waals surface area contributed by atoms with Gasteiger partial charge in [-0.1, -0.05) is 5.16 Å². The number of ketones is 1. The zero-order chi connectivity index (χ0) is 29.8. The molecule has 3 heterocycles. The Hall–Kier alpha value is -3.99. The number of Topliss-reactive ketones (excluding diaryl/α,β-unsaturated/α-hetero) is 1. The standard InChI is InChI=1S/C23H27N5O10S2/c1-10(29)5-13(30)36-6-11-8-39-20-16(19(33)28(20)17(11)21(34)35)26-18(32)15(12-9-40-22(24)25-12)27-37-7-14(31)38-23(2,3)4/h9,16,20H,5-8H2,1-4H3,(H2,24,25)(H,26,32)(H,34,35)/b27-15-/t16-,20-/m1/s1.